The largest absolute Gasteiger partial charge is 0.493 e. The molecule has 0 saturated heterocycles. The maximum atomic E-state index is 11.6. The van der Waals surface area contributed by atoms with Gasteiger partial charge in [-0.05, 0) is 30.9 Å². The van der Waals surface area contributed by atoms with Gasteiger partial charge in [0.2, 0.25) is 0 Å². The molecule has 1 aliphatic rings. The zero-order valence-electron chi connectivity index (χ0n) is 11.1. The third-order valence-corrected chi connectivity index (χ3v) is 3.61. The summed E-state index contributed by atoms with van der Waals surface area (Å²) in [6, 6.07) is 9.02. The molecular weight excluding hydrogens is 238 g/mol. The van der Waals surface area contributed by atoms with Gasteiger partial charge in [0, 0.05) is 5.56 Å². The summed E-state index contributed by atoms with van der Waals surface area (Å²) in [6.07, 6.45) is 6.35. The average Bonchev–Trinajstić information content (AvgIpc) is 2.47. The minimum Gasteiger partial charge on any atom is -0.493 e. The first kappa shape index (κ1) is 13.6. The van der Waals surface area contributed by atoms with E-state index in [-0.39, 0.29) is 12.2 Å². The molecule has 0 N–H and O–H groups in total. The summed E-state index contributed by atoms with van der Waals surface area (Å²) >= 11 is 0. The second-order valence-electron chi connectivity index (χ2n) is 5.10. The molecule has 1 aromatic rings. The Morgan fingerprint density at radius 2 is 2.11 bits per heavy atom. The minimum atomic E-state index is -0.148. The molecule has 0 amide bonds. The fourth-order valence-corrected chi connectivity index (χ4v) is 2.50. The Bertz CT molecular complexity index is 470. The predicted octanol–water partition coefficient (Wildman–Crippen LogP) is 3.74. The highest BCUT2D eigenvalue weighted by Gasteiger charge is 2.14. The summed E-state index contributed by atoms with van der Waals surface area (Å²) in [7, 11) is 0. The zero-order valence-corrected chi connectivity index (χ0v) is 11.1. The average molecular weight is 257 g/mol. The van der Waals surface area contributed by atoms with Crippen LogP contribution in [0, 0.1) is 17.2 Å². The van der Waals surface area contributed by atoms with E-state index in [1.165, 1.54) is 32.1 Å². The predicted molar refractivity (Wildman–Crippen MR) is 73.1 cm³/mol. The topological polar surface area (TPSA) is 50.1 Å². The van der Waals surface area contributed by atoms with Gasteiger partial charge in [0.05, 0.1) is 19.1 Å². The number of nitriles is 1. The molecule has 3 nitrogen and oxygen atoms in total. The van der Waals surface area contributed by atoms with Gasteiger partial charge >= 0.3 is 0 Å². The summed E-state index contributed by atoms with van der Waals surface area (Å²) in [5.41, 5.74) is 0.558. The molecule has 2 rings (SSSR count). The van der Waals surface area contributed by atoms with E-state index >= 15 is 0 Å². The summed E-state index contributed by atoms with van der Waals surface area (Å²) in [5, 5.41) is 8.54. The normalized spacial score (nSPS) is 15.7. The van der Waals surface area contributed by atoms with Crippen molar-refractivity contribution in [2.24, 2.45) is 5.92 Å². The van der Waals surface area contributed by atoms with E-state index in [1.807, 2.05) is 12.1 Å². The number of Topliss-reactive ketones (excluding diaryl/α,β-unsaturated/α-hetero) is 1. The number of hydrogen-bond acceptors (Lipinski definition) is 3. The van der Waals surface area contributed by atoms with Gasteiger partial charge in [-0.2, -0.15) is 5.26 Å². The molecule has 100 valence electrons. The van der Waals surface area contributed by atoms with Crippen molar-refractivity contribution in [2.75, 3.05) is 6.61 Å². The number of ketones is 1. The smallest absolute Gasteiger partial charge is 0.177 e. The van der Waals surface area contributed by atoms with Crippen molar-refractivity contribution < 1.29 is 9.53 Å². The van der Waals surface area contributed by atoms with Gasteiger partial charge in [-0.3, -0.25) is 4.79 Å². The van der Waals surface area contributed by atoms with Crippen LogP contribution >= 0.6 is 0 Å². The molecule has 0 unspecified atom stereocenters. The van der Waals surface area contributed by atoms with Crippen LogP contribution in [0.1, 0.15) is 48.9 Å². The van der Waals surface area contributed by atoms with Crippen LogP contribution in [0.5, 0.6) is 5.75 Å². The molecule has 0 aliphatic heterocycles. The maximum absolute atomic E-state index is 11.6. The lowest BCUT2D eigenvalue weighted by atomic mass is 9.90. The third-order valence-electron chi connectivity index (χ3n) is 3.61. The Hall–Kier alpha value is -1.82. The van der Waals surface area contributed by atoms with Crippen LogP contribution in [-0.4, -0.2) is 12.4 Å². The van der Waals surface area contributed by atoms with Crippen molar-refractivity contribution in [1.82, 2.24) is 0 Å². The summed E-state index contributed by atoms with van der Waals surface area (Å²) in [6.45, 7) is 0.732. The van der Waals surface area contributed by atoms with Crippen LogP contribution in [0.3, 0.4) is 0 Å². The van der Waals surface area contributed by atoms with Gasteiger partial charge in [0.15, 0.2) is 5.78 Å². The van der Waals surface area contributed by atoms with Gasteiger partial charge in [0.1, 0.15) is 5.75 Å². The van der Waals surface area contributed by atoms with Crippen molar-refractivity contribution in [3.8, 4) is 11.8 Å². The highest BCUT2D eigenvalue weighted by atomic mass is 16.5. The number of nitrogens with zero attached hydrogens (tertiary/aromatic N) is 1. The van der Waals surface area contributed by atoms with Gasteiger partial charge in [-0.15, -0.1) is 0 Å². The van der Waals surface area contributed by atoms with Crippen LogP contribution in [0.2, 0.25) is 0 Å². The molecular formula is C16H19NO2. The Morgan fingerprint density at radius 1 is 1.32 bits per heavy atom. The van der Waals surface area contributed by atoms with Crippen LogP contribution in [0.4, 0.5) is 0 Å². The molecule has 1 aromatic carbocycles. The highest BCUT2D eigenvalue weighted by Crippen LogP contribution is 2.25. The molecule has 1 aliphatic carbocycles. The van der Waals surface area contributed by atoms with E-state index in [0.29, 0.717) is 11.5 Å². The fourth-order valence-electron chi connectivity index (χ4n) is 2.50. The molecule has 0 heterocycles. The van der Waals surface area contributed by atoms with E-state index in [4.69, 9.17) is 10.00 Å². The molecule has 0 bridgehead atoms. The lowest BCUT2D eigenvalue weighted by molar-refractivity contribution is 0.0997. The fraction of sp³-hybridized carbons (Fsp3) is 0.500. The van der Waals surface area contributed by atoms with Gasteiger partial charge in [-0.25, -0.2) is 0 Å². The highest BCUT2D eigenvalue weighted by molar-refractivity contribution is 5.97. The van der Waals surface area contributed by atoms with E-state index in [9.17, 15) is 4.79 Å². The Morgan fingerprint density at radius 3 is 2.84 bits per heavy atom. The molecule has 1 fully saturated rings. The second-order valence-corrected chi connectivity index (χ2v) is 5.10. The monoisotopic (exact) mass is 257 g/mol. The first-order valence-corrected chi connectivity index (χ1v) is 6.92. The van der Waals surface area contributed by atoms with E-state index < -0.39 is 0 Å². The molecule has 0 spiro atoms. The first-order valence-electron chi connectivity index (χ1n) is 6.92. The number of rotatable bonds is 5. The first-order chi connectivity index (χ1) is 9.29. The van der Waals surface area contributed by atoms with Gasteiger partial charge in [0.25, 0.3) is 0 Å². The van der Waals surface area contributed by atoms with Crippen molar-refractivity contribution in [3.63, 3.8) is 0 Å². The quantitative estimate of drug-likeness (QED) is 0.755. The Labute approximate surface area is 114 Å². The van der Waals surface area contributed by atoms with Crippen LogP contribution < -0.4 is 4.74 Å². The number of carbonyl (C=O) groups excluding carboxylic acids is 1. The Kier molecular flexibility index (Phi) is 4.97. The van der Waals surface area contributed by atoms with Crippen LogP contribution in [0.15, 0.2) is 24.3 Å². The minimum absolute atomic E-state index is 0.0773. The molecule has 1 saturated carbocycles. The SMILES string of the molecule is N#CCC(=O)c1cccc(OCC2CCCCC2)c1. The number of ether oxygens (including phenoxy) is 1. The summed E-state index contributed by atoms with van der Waals surface area (Å²) in [5.74, 6) is 1.23. The lowest BCUT2D eigenvalue weighted by Crippen LogP contribution is -2.15. The molecule has 0 aromatic heterocycles. The van der Waals surface area contributed by atoms with Crippen LogP contribution in [0.25, 0.3) is 0 Å². The van der Waals surface area contributed by atoms with Crippen molar-refractivity contribution in [1.29, 1.82) is 5.26 Å². The molecule has 19 heavy (non-hydrogen) atoms. The van der Waals surface area contributed by atoms with Gasteiger partial charge in [-0.1, -0.05) is 31.4 Å². The lowest BCUT2D eigenvalue weighted by Gasteiger charge is -2.21. The maximum Gasteiger partial charge on any atom is 0.177 e. The van der Waals surface area contributed by atoms with Crippen molar-refractivity contribution in [3.05, 3.63) is 29.8 Å². The standard InChI is InChI=1S/C16H19NO2/c17-10-9-16(18)14-7-4-8-15(11-14)19-12-13-5-2-1-3-6-13/h4,7-8,11,13H,1-3,5-6,9,12H2. The summed E-state index contributed by atoms with van der Waals surface area (Å²) in [4.78, 5) is 11.6. The van der Waals surface area contributed by atoms with Crippen molar-refractivity contribution >= 4 is 5.78 Å². The number of benzene rings is 1. The van der Waals surface area contributed by atoms with Gasteiger partial charge < -0.3 is 4.74 Å². The molecule has 0 atom stereocenters. The zero-order chi connectivity index (χ0) is 13.5. The Balaban J connectivity index is 1.91. The number of hydrogen-bond donors (Lipinski definition) is 0. The molecule has 3 heteroatoms. The molecule has 0 radical (unpaired) electrons. The van der Waals surface area contributed by atoms with Crippen molar-refractivity contribution in [2.45, 2.75) is 38.5 Å². The summed E-state index contributed by atoms with van der Waals surface area (Å²) < 4.78 is 5.78. The van der Waals surface area contributed by atoms with E-state index in [0.717, 1.165) is 12.4 Å². The van der Waals surface area contributed by atoms with Crippen LogP contribution in [-0.2, 0) is 0 Å². The van der Waals surface area contributed by atoms with E-state index in [1.54, 1.807) is 18.2 Å². The third kappa shape index (κ3) is 4.10. The van der Waals surface area contributed by atoms with E-state index in [2.05, 4.69) is 0 Å². The second kappa shape index (κ2) is 6.94. The number of carbonyl (C=O) groups is 1.